The molecule has 2 rings (SSSR count). The van der Waals surface area contributed by atoms with Crippen LogP contribution in [-0.4, -0.2) is 34.0 Å². The molecule has 2 unspecified atom stereocenters. The van der Waals surface area contributed by atoms with Gasteiger partial charge in [-0.2, -0.15) is 0 Å². The Labute approximate surface area is 90.9 Å². The average molecular weight is 208 g/mol. The zero-order valence-corrected chi connectivity index (χ0v) is 9.53. The van der Waals surface area contributed by atoms with Crippen LogP contribution in [0.4, 0.5) is 0 Å². The zero-order valence-electron chi connectivity index (χ0n) is 9.53. The number of nitrogens with zero attached hydrogens (tertiary/aromatic N) is 2. The lowest BCUT2D eigenvalue weighted by Gasteiger charge is -2.24. The first-order valence-electron chi connectivity index (χ1n) is 5.73. The molecule has 1 aliphatic rings. The van der Waals surface area contributed by atoms with Gasteiger partial charge in [0.15, 0.2) is 0 Å². The van der Waals surface area contributed by atoms with Gasteiger partial charge in [0.2, 0.25) is 0 Å². The van der Waals surface area contributed by atoms with Crippen LogP contribution in [-0.2, 0) is 0 Å². The fourth-order valence-electron chi connectivity index (χ4n) is 2.38. The van der Waals surface area contributed by atoms with Crippen LogP contribution in [0.3, 0.4) is 0 Å². The Bertz CT molecular complexity index is 318. The second-order valence-electron chi connectivity index (χ2n) is 4.38. The lowest BCUT2D eigenvalue weighted by atomic mass is 10.1. The maximum Gasteiger partial charge on any atom is 0.125 e. The molecule has 4 heteroatoms. The Morgan fingerprint density at radius 3 is 3.07 bits per heavy atom. The molecule has 1 fully saturated rings. The van der Waals surface area contributed by atoms with E-state index in [2.05, 4.69) is 21.8 Å². The molecule has 0 radical (unpaired) electrons. The van der Waals surface area contributed by atoms with Gasteiger partial charge in [0.05, 0.1) is 6.04 Å². The minimum absolute atomic E-state index is 0.224. The van der Waals surface area contributed by atoms with Crippen molar-refractivity contribution < 1.29 is 0 Å². The Morgan fingerprint density at radius 2 is 2.47 bits per heavy atom. The molecule has 0 aromatic carbocycles. The summed E-state index contributed by atoms with van der Waals surface area (Å²) >= 11 is 0. The predicted octanol–water partition coefficient (Wildman–Crippen LogP) is 1.20. The fourth-order valence-corrected chi connectivity index (χ4v) is 2.38. The highest BCUT2D eigenvalue weighted by molar-refractivity contribution is 5.08. The SMILES string of the molecule is CCCN1CCC(N)C1c1ncc(C)[nH]1. The highest BCUT2D eigenvalue weighted by Crippen LogP contribution is 2.29. The summed E-state index contributed by atoms with van der Waals surface area (Å²) in [7, 11) is 0. The van der Waals surface area contributed by atoms with Crippen LogP contribution in [0, 0.1) is 6.92 Å². The molecule has 0 bridgehead atoms. The van der Waals surface area contributed by atoms with Crippen LogP contribution in [0.5, 0.6) is 0 Å². The molecule has 0 aliphatic carbocycles. The van der Waals surface area contributed by atoms with Crippen molar-refractivity contribution >= 4 is 0 Å². The third-order valence-electron chi connectivity index (χ3n) is 3.06. The molecule has 1 saturated heterocycles. The summed E-state index contributed by atoms with van der Waals surface area (Å²) in [6.07, 6.45) is 4.12. The Balaban J connectivity index is 2.17. The van der Waals surface area contributed by atoms with Crippen molar-refractivity contribution in [2.24, 2.45) is 5.73 Å². The number of nitrogens with two attached hydrogens (primary N) is 1. The number of likely N-dealkylation sites (tertiary alicyclic amines) is 1. The fraction of sp³-hybridized carbons (Fsp3) is 0.727. The van der Waals surface area contributed by atoms with E-state index < -0.39 is 0 Å². The van der Waals surface area contributed by atoms with E-state index in [4.69, 9.17) is 5.73 Å². The molecule has 84 valence electrons. The van der Waals surface area contributed by atoms with E-state index in [-0.39, 0.29) is 6.04 Å². The number of aromatic amines is 1. The molecular weight excluding hydrogens is 188 g/mol. The maximum atomic E-state index is 6.14. The average Bonchev–Trinajstić information content (AvgIpc) is 2.74. The van der Waals surface area contributed by atoms with E-state index in [9.17, 15) is 0 Å². The number of aryl methyl sites for hydroxylation is 1. The number of hydrogen-bond acceptors (Lipinski definition) is 3. The summed E-state index contributed by atoms with van der Waals surface area (Å²) in [5.74, 6) is 1.03. The van der Waals surface area contributed by atoms with Gasteiger partial charge in [-0.25, -0.2) is 4.98 Å². The van der Waals surface area contributed by atoms with Crippen molar-refractivity contribution in [2.45, 2.75) is 38.8 Å². The number of imidazole rings is 1. The van der Waals surface area contributed by atoms with E-state index >= 15 is 0 Å². The predicted molar refractivity (Wildman–Crippen MR) is 60.5 cm³/mol. The van der Waals surface area contributed by atoms with Crippen LogP contribution in [0.15, 0.2) is 6.20 Å². The second kappa shape index (κ2) is 4.33. The molecule has 1 aromatic rings. The van der Waals surface area contributed by atoms with Gasteiger partial charge < -0.3 is 10.7 Å². The highest BCUT2D eigenvalue weighted by Gasteiger charge is 2.33. The molecule has 0 amide bonds. The monoisotopic (exact) mass is 208 g/mol. The van der Waals surface area contributed by atoms with Gasteiger partial charge in [-0.05, 0) is 26.3 Å². The summed E-state index contributed by atoms with van der Waals surface area (Å²) in [6.45, 7) is 6.44. The standard InChI is InChI=1S/C11H20N4/c1-3-5-15-6-4-9(12)10(15)11-13-7-8(2)14-11/h7,9-10H,3-6,12H2,1-2H3,(H,13,14). The smallest absolute Gasteiger partial charge is 0.125 e. The zero-order chi connectivity index (χ0) is 10.8. The van der Waals surface area contributed by atoms with Gasteiger partial charge >= 0.3 is 0 Å². The van der Waals surface area contributed by atoms with Crippen LogP contribution >= 0.6 is 0 Å². The van der Waals surface area contributed by atoms with E-state index in [0.717, 1.165) is 31.0 Å². The van der Waals surface area contributed by atoms with Crippen LogP contribution in [0.1, 0.15) is 37.3 Å². The molecule has 2 atom stereocenters. The molecule has 2 heterocycles. The van der Waals surface area contributed by atoms with Crippen molar-refractivity contribution in [1.29, 1.82) is 0 Å². The minimum atomic E-state index is 0.224. The van der Waals surface area contributed by atoms with Gasteiger partial charge in [-0.3, -0.25) is 4.90 Å². The van der Waals surface area contributed by atoms with Crippen molar-refractivity contribution in [3.8, 4) is 0 Å². The summed E-state index contributed by atoms with van der Waals surface area (Å²) < 4.78 is 0. The molecule has 15 heavy (non-hydrogen) atoms. The largest absolute Gasteiger partial charge is 0.345 e. The van der Waals surface area contributed by atoms with Gasteiger partial charge in [-0.15, -0.1) is 0 Å². The Kier molecular flexibility index (Phi) is 3.07. The Morgan fingerprint density at radius 1 is 1.67 bits per heavy atom. The van der Waals surface area contributed by atoms with E-state index in [1.54, 1.807) is 0 Å². The molecule has 3 N–H and O–H groups in total. The maximum absolute atomic E-state index is 6.14. The second-order valence-corrected chi connectivity index (χ2v) is 4.38. The molecule has 0 spiro atoms. The van der Waals surface area contributed by atoms with Crippen LogP contribution in [0.2, 0.25) is 0 Å². The summed E-state index contributed by atoms with van der Waals surface area (Å²) in [5, 5.41) is 0. The quantitative estimate of drug-likeness (QED) is 0.784. The number of rotatable bonds is 3. The highest BCUT2D eigenvalue weighted by atomic mass is 15.2. The Hall–Kier alpha value is -0.870. The van der Waals surface area contributed by atoms with Gasteiger partial charge in [-0.1, -0.05) is 6.92 Å². The normalized spacial score (nSPS) is 27.4. The molecule has 4 nitrogen and oxygen atoms in total. The van der Waals surface area contributed by atoms with Gasteiger partial charge in [0.25, 0.3) is 0 Å². The first-order chi connectivity index (χ1) is 7.22. The number of H-pyrrole nitrogens is 1. The first-order valence-corrected chi connectivity index (χ1v) is 5.73. The summed E-state index contributed by atoms with van der Waals surface area (Å²) in [5.41, 5.74) is 7.25. The number of nitrogens with one attached hydrogen (secondary N) is 1. The minimum Gasteiger partial charge on any atom is -0.345 e. The molecule has 1 aliphatic heterocycles. The lowest BCUT2D eigenvalue weighted by Crippen LogP contribution is -2.33. The third-order valence-corrected chi connectivity index (χ3v) is 3.06. The summed E-state index contributed by atoms with van der Waals surface area (Å²) in [6, 6.07) is 0.515. The van der Waals surface area contributed by atoms with E-state index in [0.29, 0.717) is 6.04 Å². The molecular formula is C11H20N4. The molecule has 1 aromatic heterocycles. The van der Waals surface area contributed by atoms with Gasteiger partial charge in [0, 0.05) is 24.5 Å². The van der Waals surface area contributed by atoms with Crippen molar-refractivity contribution in [3.63, 3.8) is 0 Å². The van der Waals surface area contributed by atoms with E-state index in [1.165, 1.54) is 6.42 Å². The van der Waals surface area contributed by atoms with Crippen molar-refractivity contribution in [1.82, 2.24) is 14.9 Å². The van der Waals surface area contributed by atoms with Crippen LogP contribution in [0.25, 0.3) is 0 Å². The number of hydrogen-bond donors (Lipinski definition) is 2. The topological polar surface area (TPSA) is 57.9 Å². The summed E-state index contributed by atoms with van der Waals surface area (Å²) in [4.78, 5) is 10.1. The van der Waals surface area contributed by atoms with Crippen molar-refractivity contribution in [2.75, 3.05) is 13.1 Å². The first kappa shape index (κ1) is 10.6. The van der Waals surface area contributed by atoms with Crippen LogP contribution < -0.4 is 5.73 Å². The third kappa shape index (κ3) is 2.06. The molecule has 0 saturated carbocycles. The lowest BCUT2D eigenvalue weighted by molar-refractivity contribution is 0.240. The van der Waals surface area contributed by atoms with Gasteiger partial charge in [0.1, 0.15) is 5.82 Å². The van der Waals surface area contributed by atoms with Crippen molar-refractivity contribution in [3.05, 3.63) is 17.7 Å². The van der Waals surface area contributed by atoms with E-state index in [1.807, 2.05) is 13.1 Å². The number of aromatic nitrogens is 2.